The molecule has 7 nitrogen and oxygen atoms in total. The van der Waals surface area contributed by atoms with E-state index in [-0.39, 0.29) is 23.9 Å². The zero-order chi connectivity index (χ0) is 11.5. The predicted octanol–water partition coefficient (Wildman–Crippen LogP) is -0.496. The van der Waals surface area contributed by atoms with Crippen molar-refractivity contribution in [2.45, 2.75) is 38.3 Å². The molecule has 1 aromatic rings. The van der Waals surface area contributed by atoms with Crippen LogP contribution in [0.2, 0.25) is 0 Å². The molecule has 7 heteroatoms. The standard InChI is InChI=1S/C9H16N6O/c1-5(8-12-14-15-13-8)11-9(16)6-2-3-7(10)4-6/h5-7H,2-4,10H2,1H3,(H,11,16)(H,12,13,14,15). The summed E-state index contributed by atoms with van der Waals surface area (Å²) in [5.41, 5.74) is 5.77. The van der Waals surface area contributed by atoms with Crippen LogP contribution in [0.1, 0.15) is 38.1 Å². The van der Waals surface area contributed by atoms with Crippen LogP contribution in [0.25, 0.3) is 0 Å². The van der Waals surface area contributed by atoms with Crippen molar-refractivity contribution in [1.29, 1.82) is 0 Å². The van der Waals surface area contributed by atoms with E-state index in [0.29, 0.717) is 5.82 Å². The van der Waals surface area contributed by atoms with Crippen LogP contribution in [0.3, 0.4) is 0 Å². The van der Waals surface area contributed by atoms with Crippen molar-refractivity contribution >= 4 is 5.91 Å². The lowest BCUT2D eigenvalue weighted by molar-refractivity contribution is -0.125. The number of aromatic nitrogens is 4. The number of rotatable bonds is 3. The highest BCUT2D eigenvalue weighted by molar-refractivity contribution is 5.79. The monoisotopic (exact) mass is 224 g/mol. The lowest BCUT2D eigenvalue weighted by atomic mass is 10.1. The Kier molecular flexibility index (Phi) is 3.14. The van der Waals surface area contributed by atoms with Gasteiger partial charge in [-0.3, -0.25) is 4.79 Å². The first-order valence-corrected chi connectivity index (χ1v) is 5.46. The van der Waals surface area contributed by atoms with E-state index in [4.69, 9.17) is 5.73 Å². The van der Waals surface area contributed by atoms with Gasteiger partial charge in [0.2, 0.25) is 5.91 Å². The normalized spacial score (nSPS) is 26.6. The molecule has 0 bridgehead atoms. The molecule has 1 amide bonds. The van der Waals surface area contributed by atoms with Crippen molar-refractivity contribution in [3.8, 4) is 0 Å². The van der Waals surface area contributed by atoms with Gasteiger partial charge in [-0.2, -0.15) is 5.21 Å². The number of H-pyrrole nitrogens is 1. The third kappa shape index (κ3) is 2.35. The molecule has 1 saturated carbocycles. The molecule has 1 fully saturated rings. The van der Waals surface area contributed by atoms with Gasteiger partial charge in [-0.1, -0.05) is 5.21 Å². The Morgan fingerprint density at radius 3 is 3.00 bits per heavy atom. The van der Waals surface area contributed by atoms with Crippen LogP contribution in [-0.4, -0.2) is 32.6 Å². The SMILES string of the molecule is CC(NC(=O)C1CCC(N)C1)c1nn[nH]n1. The summed E-state index contributed by atoms with van der Waals surface area (Å²) in [6.07, 6.45) is 2.56. The minimum absolute atomic E-state index is 0.0318. The van der Waals surface area contributed by atoms with E-state index in [2.05, 4.69) is 25.9 Å². The quantitative estimate of drug-likeness (QED) is 0.641. The van der Waals surface area contributed by atoms with E-state index in [1.54, 1.807) is 0 Å². The Hall–Kier alpha value is -1.50. The number of carbonyl (C=O) groups excluding carboxylic acids is 1. The van der Waals surface area contributed by atoms with Gasteiger partial charge in [0.05, 0.1) is 6.04 Å². The topological polar surface area (TPSA) is 110 Å². The fourth-order valence-electron chi connectivity index (χ4n) is 2.00. The molecule has 0 spiro atoms. The van der Waals surface area contributed by atoms with Gasteiger partial charge >= 0.3 is 0 Å². The Labute approximate surface area is 93.2 Å². The second kappa shape index (κ2) is 4.56. The zero-order valence-electron chi connectivity index (χ0n) is 9.18. The molecule has 2 rings (SSSR count). The van der Waals surface area contributed by atoms with Crippen LogP contribution < -0.4 is 11.1 Å². The second-order valence-corrected chi connectivity index (χ2v) is 4.27. The maximum Gasteiger partial charge on any atom is 0.223 e. The van der Waals surface area contributed by atoms with Crippen LogP contribution in [0.15, 0.2) is 0 Å². The molecular formula is C9H16N6O. The average Bonchev–Trinajstić information content (AvgIpc) is 2.87. The first-order chi connectivity index (χ1) is 7.66. The molecule has 0 saturated heterocycles. The third-order valence-electron chi connectivity index (χ3n) is 2.95. The highest BCUT2D eigenvalue weighted by atomic mass is 16.2. The molecule has 0 aromatic carbocycles. The van der Waals surface area contributed by atoms with Crippen LogP contribution in [0.4, 0.5) is 0 Å². The second-order valence-electron chi connectivity index (χ2n) is 4.27. The van der Waals surface area contributed by atoms with E-state index in [0.717, 1.165) is 19.3 Å². The number of amides is 1. The van der Waals surface area contributed by atoms with Crippen molar-refractivity contribution in [3.05, 3.63) is 5.82 Å². The molecule has 0 radical (unpaired) electrons. The molecule has 1 heterocycles. The predicted molar refractivity (Wildman–Crippen MR) is 56.1 cm³/mol. The molecule has 1 aliphatic carbocycles. The molecule has 3 unspecified atom stereocenters. The summed E-state index contributed by atoms with van der Waals surface area (Å²) >= 11 is 0. The largest absolute Gasteiger partial charge is 0.346 e. The van der Waals surface area contributed by atoms with Crippen LogP contribution in [0, 0.1) is 5.92 Å². The molecule has 4 N–H and O–H groups in total. The van der Waals surface area contributed by atoms with E-state index in [9.17, 15) is 4.79 Å². The molecule has 16 heavy (non-hydrogen) atoms. The maximum atomic E-state index is 11.8. The van der Waals surface area contributed by atoms with Gasteiger partial charge in [0.25, 0.3) is 0 Å². The van der Waals surface area contributed by atoms with Crippen molar-refractivity contribution < 1.29 is 4.79 Å². The fraction of sp³-hybridized carbons (Fsp3) is 0.778. The summed E-state index contributed by atoms with van der Waals surface area (Å²) in [5, 5.41) is 16.3. The van der Waals surface area contributed by atoms with Crippen LogP contribution >= 0.6 is 0 Å². The van der Waals surface area contributed by atoms with Crippen molar-refractivity contribution in [2.75, 3.05) is 0 Å². The minimum atomic E-state index is -0.219. The minimum Gasteiger partial charge on any atom is -0.346 e. The number of aromatic amines is 1. The summed E-state index contributed by atoms with van der Waals surface area (Å²) in [6.45, 7) is 1.83. The van der Waals surface area contributed by atoms with Gasteiger partial charge in [-0.25, -0.2) is 0 Å². The van der Waals surface area contributed by atoms with E-state index in [1.165, 1.54) is 0 Å². The summed E-state index contributed by atoms with van der Waals surface area (Å²) < 4.78 is 0. The number of hydrogen-bond acceptors (Lipinski definition) is 5. The van der Waals surface area contributed by atoms with Crippen LogP contribution in [0.5, 0.6) is 0 Å². The van der Waals surface area contributed by atoms with E-state index >= 15 is 0 Å². The lowest BCUT2D eigenvalue weighted by Crippen LogP contribution is -2.33. The lowest BCUT2D eigenvalue weighted by Gasteiger charge is -2.14. The highest BCUT2D eigenvalue weighted by Crippen LogP contribution is 2.24. The zero-order valence-corrected chi connectivity index (χ0v) is 9.18. The van der Waals surface area contributed by atoms with E-state index < -0.39 is 0 Å². The van der Waals surface area contributed by atoms with Crippen molar-refractivity contribution in [1.82, 2.24) is 25.9 Å². The molecule has 1 aliphatic rings. The van der Waals surface area contributed by atoms with Gasteiger partial charge in [0.15, 0.2) is 5.82 Å². The van der Waals surface area contributed by atoms with Crippen LogP contribution in [-0.2, 0) is 4.79 Å². The van der Waals surface area contributed by atoms with Gasteiger partial charge < -0.3 is 11.1 Å². The molecule has 1 aromatic heterocycles. The average molecular weight is 224 g/mol. The first-order valence-electron chi connectivity index (χ1n) is 5.46. The molecule has 3 atom stereocenters. The molecule has 88 valence electrons. The molecular weight excluding hydrogens is 208 g/mol. The number of nitrogens with zero attached hydrogens (tertiary/aromatic N) is 3. The Balaban J connectivity index is 1.88. The highest BCUT2D eigenvalue weighted by Gasteiger charge is 2.28. The van der Waals surface area contributed by atoms with Gasteiger partial charge in [-0.15, -0.1) is 10.2 Å². The van der Waals surface area contributed by atoms with Crippen molar-refractivity contribution in [3.63, 3.8) is 0 Å². The van der Waals surface area contributed by atoms with Gasteiger partial charge in [0.1, 0.15) is 0 Å². The summed E-state index contributed by atoms with van der Waals surface area (Å²) in [7, 11) is 0. The molecule has 0 aliphatic heterocycles. The maximum absolute atomic E-state index is 11.8. The third-order valence-corrected chi connectivity index (χ3v) is 2.95. The Morgan fingerprint density at radius 2 is 2.44 bits per heavy atom. The Bertz CT molecular complexity index is 351. The van der Waals surface area contributed by atoms with Gasteiger partial charge in [-0.05, 0) is 26.2 Å². The fourth-order valence-corrected chi connectivity index (χ4v) is 2.00. The number of nitrogens with two attached hydrogens (primary N) is 1. The Morgan fingerprint density at radius 1 is 1.62 bits per heavy atom. The summed E-state index contributed by atoms with van der Waals surface area (Å²) in [5.74, 6) is 0.560. The first kappa shape index (κ1) is 11.0. The number of hydrogen-bond donors (Lipinski definition) is 3. The summed E-state index contributed by atoms with van der Waals surface area (Å²) in [6, 6.07) is -0.0562. The number of tetrazole rings is 1. The van der Waals surface area contributed by atoms with Crippen molar-refractivity contribution in [2.24, 2.45) is 11.7 Å². The smallest absolute Gasteiger partial charge is 0.223 e. The summed E-state index contributed by atoms with van der Waals surface area (Å²) in [4.78, 5) is 11.8. The van der Waals surface area contributed by atoms with Gasteiger partial charge in [0, 0.05) is 12.0 Å². The number of carbonyl (C=O) groups is 1. The number of nitrogens with one attached hydrogen (secondary N) is 2. The van der Waals surface area contributed by atoms with E-state index in [1.807, 2.05) is 6.92 Å².